The Kier molecular flexibility index (Phi) is 4.70. The van der Waals surface area contributed by atoms with Crippen LogP contribution < -0.4 is 15.6 Å². The number of para-hydroxylation sites is 1. The number of nitrogens with one attached hydrogen (secondary N) is 2. The van der Waals surface area contributed by atoms with Gasteiger partial charge in [0.05, 0.1) is 19.1 Å². The molecule has 4 rings (SSSR count). The molecule has 2 saturated heterocycles. The average molecular weight is 355 g/mol. The highest BCUT2D eigenvalue weighted by atomic mass is 16.5. The van der Waals surface area contributed by atoms with Gasteiger partial charge in [0, 0.05) is 0 Å². The molecule has 3 heterocycles. The van der Waals surface area contributed by atoms with Crippen LogP contribution in [0.1, 0.15) is 36.5 Å². The fourth-order valence-electron chi connectivity index (χ4n) is 3.55. The molecule has 26 heavy (non-hydrogen) atoms. The maximum absolute atomic E-state index is 12.7. The number of furan rings is 1. The van der Waals surface area contributed by atoms with Gasteiger partial charge in [0.25, 0.3) is 0 Å². The fourth-order valence-corrected chi connectivity index (χ4v) is 3.55. The molecule has 0 bridgehead atoms. The summed E-state index contributed by atoms with van der Waals surface area (Å²) >= 11 is 0. The summed E-state index contributed by atoms with van der Waals surface area (Å²) in [6, 6.07) is 11.8. The second kappa shape index (κ2) is 7.13. The van der Waals surface area contributed by atoms with E-state index in [2.05, 4.69) is 23.8 Å². The number of benzene rings is 1. The zero-order valence-corrected chi connectivity index (χ0v) is 15.2. The number of ether oxygens (including phenoxy) is 1. The molecule has 138 valence electrons. The van der Waals surface area contributed by atoms with E-state index in [4.69, 9.17) is 9.15 Å². The van der Waals surface area contributed by atoms with Gasteiger partial charge < -0.3 is 14.1 Å². The summed E-state index contributed by atoms with van der Waals surface area (Å²) in [5, 5.41) is 0. The van der Waals surface area contributed by atoms with Gasteiger partial charge >= 0.3 is 0 Å². The molecule has 2 aliphatic rings. The third-order valence-corrected chi connectivity index (χ3v) is 5.11. The quantitative estimate of drug-likeness (QED) is 0.862. The van der Waals surface area contributed by atoms with E-state index >= 15 is 0 Å². The van der Waals surface area contributed by atoms with Crippen molar-refractivity contribution in [2.45, 2.75) is 44.9 Å². The topological polar surface area (TPSA) is 66.7 Å². The molecular weight excluding hydrogens is 330 g/mol. The van der Waals surface area contributed by atoms with Crippen molar-refractivity contribution in [3.8, 4) is 5.75 Å². The van der Waals surface area contributed by atoms with Gasteiger partial charge in [-0.15, -0.1) is 0 Å². The normalized spacial score (nSPS) is 23.1. The Morgan fingerprint density at radius 3 is 2.77 bits per heavy atom. The molecule has 6 nitrogen and oxygen atoms in total. The molecule has 2 fully saturated rings. The zero-order chi connectivity index (χ0) is 18.1. The highest BCUT2D eigenvalue weighted by molar-refractivity contribution is 5.83. The number of rotatable bonds is 5. The number of aryl methyl sites for hydroxylation is 2. The minimum atomic E-state index is -0.228. The molecule has 0 aliphatic carbocycles. The first-order valence-electron chi connectivity index (χ1n) is 9.24. The molecule has 6 heteroatoms. The minimum absolute atomic E-state index is 0.0300. The first-order chi connectivity index (χ1) is 12.6. The van der Waals surface area contributed by atoms with Gasteiger partial charge in [0.1, 0.15) is 29.4 Å². The molecule has 0 radical (unpaired) electrons. The van der Waals surface area contributed by atoms with Crippen LogP contribution in [0, 0.1) is 6.92 Å². The molecule has 0 saturated carbocycles. The van der Waals surface area contributed by atoms with Crippen molar-refractivity contribution in [3.05, 3.63) is 53.5 Å². The molecular formula is C20H25N3O3. The molecule has 1 aromatic heterocycles. The number of likely N-dealkylation sites (tertiary alicyclic amines) is 1. The second-order valence-electron chi connectivity index (χ2n) is 7.02. The minimum Gasteiger partial charge on any atom is -0.486 e. The molecule has 2 unspecified atom stereocenters. The van der Waals surface area contributed by atoms with E-state index in [1.807, 2.05) is 42.2 Å². The predicted molar refractivity (Wildman–Crippen MR) is 97.7 cm³/mol. The van der Waals surface area contributed by atoms with Crippen molar-refractivity contribution < 1.29 is 13.9 Å². The standard InChI is InChI=1S/C20H25N3O3/c1-3-14-6-4-5-7-18(14)26-15-11-23(12-15)20(24)17-10-16(21-22-17)19-9-8-13(2)25-19/h4-9,15-17,21-22H,3,10-12H2,1-2H3. The monoisotopic (exact) mass is 355 g/mol. The molecule has 2 aromatic rings. The Morgan fingerprint density at radius 2 is 2.04 bits per heavy atom. The fraction of sp³-hybridized carbons (Fsp3) is 0.450. The van der Waals surface area contributed by atoms with Crippen LogP contribution >= 0.6 is 0 Å². The van der Waals surface area contributed by atoms with Crippen molar-refractivity contribution in [2.75, 3.05) is 13.1 Å². The Hall–Kier alpha value is -2.31. The number of carbonyl (C=O) groups is 1. The lowest BCUT2D eigenvalue weighted by Crippen LogP contribution is -2.60. The van der Waals surface area contributed by atoms with Gasteiger partial charge in [0.15, 0.2) is 0 Å². The van der Waals surface area contributed by atoms with Crippen LogP contribution in [0.5, 0.6) is 5.75 Å². The number of hydrazine groups is 1. The van der Waals surface area contributed by atoms with Crippen molar-refractivity contribution in [2.24, 2.45) is 0 Å². The third kappa shape index (κ3) is 3.34. The SMILES string of the molecule is CCc1ccccc1OC1CN(C(=O)C2CC(c3ccc(C)o3)NN2)C1. The highest BCUT2D eigenvalue weighted by Gasteiger charge is 2.39. The largest absolute Gasteiger partial charge is 0.486 e. The maximum Gasteiger partial charge on any atom is 0.241 e. The van der Waals surface area contributed by atoms with Crippen LogP contribution in [0.15, 0.2) is 40.8 Å². The Balaban J connectivity index is 1.28. The maximum atomic E-state index is 12.7. The molecule has 0 spiro atoms. The molecule has 2 N–H and O–H groups in total. The molecule has 2 aliphatic heterocycles. The average Bonchev–Trinajstić information content (AvgIpc) is 3.26. The summed E-state index contributed by atoms with van der Waals surface area (Å²) in [6.07, 6.45) is 1.70. The second-order valence-corrected chi connectivity index (χ2v) is 7.02. The first-order valence-corrected chi connectivity index (χ1v) is 9.24. The summed E-state index contributed by atoms with van der Waals surface area (Å²) in [4.78, 5) is 14.5. The summed E-state index contributed by atoms with van der Waals surface area (Å²) < 4.78 is 11.7. The van der Waals surface area contributed by atoms with E-state index in [-0.39, 0.29) is 24.1 Å². The Labute approximate surface area is 153 Å². The predicted octanol–water partition coefficient (Wildman–Crippen LogP) is 2.35. The molecule has 1 amide bonds. The number of carbonyl (C=O) groups excluding carboxylic acids is 1. The number of hydrogen-bond donors (Lipinski definition) is 2. The number of hydrogen-bond acceptors (Lipinski definition) is 5. The van der Waals surface area contributed by atoms with Crippen molar-refractivity contribution >= 4 is 5.91 Å². The van der Waals surface area contributed by atoms with Gasteiger partial charge in [0.2, 0.25) is 5.91 Å². The number of amides is 1. The molecule has 2 atom stereocenters. The number of nitrogens with zero attached hydrogens (tertiary/aromatic N) is 1. The van der Waals surface area contributed by atoms with E-state index in [9.17, 15) is 4.79 Å². The van der Waals surface area contributed by atoms with E-state index in [1.54, 1.807) is 0 Å². The van der Waals surface area contributed by atoms with E-state index in [1.165, 1.54) is 5.56 Å². The lowest BCUT2D eigenvalue weighted by atomic mass is 10.0. The van der Waals surface area contributed by atoms with Gasteiger partial charge in [-0.3, -0.25) is 4.79 Å². The van der Waals surface area contributed by atoms with Crippen LogP contribution in [0.3, 0.4) is 0 Å². The van der Waals surface area contributed by atoms with Gasteiger partial charge in [-0.2, -0.15) is 0 Å². The van der Waals surface area contributed by atoms with Gasteiger partial charge in [-0.05, 0) is 43.5 Å². The first kappa shape index (κ1) is 17.1. The lowest BCUT2D eigenvalue weighted by Gasteiger charge is -2.40. The van der Waals surface area contributed by atoms with Crippen molar-refractivity contribution in [1.29, 1.82) is 0 Å². The Bertz CT molecular complexity index is 782. The van der Waals surface area contributed by atoms with Crippen molar-refractivity contribution in [1.82, 2.24) is 15.8 Å². The summed E-state index contributed by atoms with van der Waals surface area (Å²) in [5.74, 6) is 2.80. The van der Waals surface area contributed by atoms with E-state index < -0.39 is 0 Å². The summed E-state index contributed by atoms with van der Waals surface area (Å²) in [7, 11) is 0. The lowest BCUT2D eigenvalue weighted by molar-refractivity contribution is -0.142. The van der Waals surface area contributed by atoms with Crippen LogP contribution in [0.2, 0.25) is 0 Å². The highest BCUT2D eigenvalue weighted by Crippen LogP contribution is 2.27. The molecule has 1 aromatic carbocycles. The third-order valence-electron chi connectivity index (χ3n) is 5.11. The van der Waals surface area contributed by atoms with Gasteiger partial charge in [-0.25, -0.2) is 10.9 Å². The van der Waals surface area contributed by atoms with E-state index in [0.29, 0.717) is 19.5 Å². The van der Waals surface area contributed by atoms with E-state index in [0.717, 1.165) is 23.7 Å². The van der Waals surface area contributed by atoms with Crippen LogP contribution in [-0.4, -0.2) is 36.0 Å². The summed E-state index contributed by atoms with van der Waals surface area (Å²) in [5.41, 5.74) is 7.47. The van der Waals surface area contributed by atoms with Crippen LogP contribution in [0.25, 0.3) is 0 Å². The van der Waals surface area contributed by atoms with Gasteiger partial charge in [-0.1, -0.05) is 25.1 Å². The zero-order valence-electron chi connectivity index (χ0n) is 15.2. The Morgan fingerprint density at radius 1 is 1.23 bits per heavy atom. The van der Waals surface area contributed by atoms with Crippen LogP contribution in [0.4, 0.5) is 0 Å². The van der Waals surface area contributed by atoms with Crippen molar-refractivity contribution in [3.63, 3.8) is 0 Å². The smallest absolute Gasteiger partial charge is 0.241 e. The van der Waals surface area contributed by atoms with Crippen LogP contribution in [-0.2, 0) is 11.2 Å². The summed E-state index contributed by atoms with van der Waals surface area (Å²) in [6.45, 7) is 5.32.